The number of allylic oxidation sites excluding steroid dienone is 1. The monoisotopic (exact) mass is 736 g/mol. The van der Waals surface area contributed by atoms with Crippen LogP contribution in [0.1, 0.15) is 46.7 Å². The maximum Gasteiger partial charge on any atom is 0.143 e. The van der Waals surface area contributed by atoms with Gasteiger partial charge in [0.1, 0.15) is 40.5 Å². The van der Waals surface area contributed by atoms with Crippen LogP contribution in [0.2, 0.25) is 0 Å². The van der Waals surface area contributed by atoms with Crippen LogP contribution in [0.3, 0.4) is 0 Å². The molecule has 4 heterocycles. The Bertz CT molecular complexity index is 3260. The number of nitrogens with zero attached hydrogens (tertiary/aromatic N) is 2. The minimum atomic E-state index is -0.207. The molecule has 1 aliphatic carbocycles. The Labute approximate surface area is 328 Å². The van der Waals surface area contributed by atoms with Gasteiger partial charge in [0, 0.05) is 55.5 Å². The van der Waals surface area contributed by atoms with Crippen molar-refractivity contribution in [2.24, 2.45) is 4.99 Å². The molecular weight excluding hydrogens is 701 g/mol. The van der Waals surface area contributed by atoms with E-state index >= 15 is 0 Å². The molecule has 0 amide bonds. The molecule has 10 aromatic rings. The largest absolute Gasteiger partial charge is 0.456 e. The maximum atomic E-state index is 6.82. The third kappa shape index (κ3) is 5.18. The van der Waals surface area contributed by atoms with Gasteiger partial charge in [0.15, 0.2) is 0 Å². The van der Waals surface area contributed by atoms with Gasteiger partial charge in [-0.25, -0.2) is 4.99 Å². The van der Waals surface area contributed by atoms with Crippen molar-refractivity contribution in [2.75, 3.05) is 0 Å². The normalized spacial score (nSPS) is 16.7. The highest BCUT2D eigenvalue weighted by Crippen LogP contribution is 2.41. The maximum absolute atomic E-state index is 6.82. The van der Waals surface area contributed by atoms with Gasteiger partial charge in [-0.15, -0.1) is 0 Å². The van der Waals surface area contributed by atoms with Crippen molar-refractivity contribution >= 4 is 66.7 Å². The van der Waals surface area contributed by atoms with Crippen LogP contribution in [0.25, 0.3) is 77.7 Å². The fourth-order valence-corrected chi connectivity index (χ4v) is 9.04. The van der Waals surface area contributed by atoms with Gasteiger partial charge in [-0.2, -0.15) is 0 Å². The van der Waals surface area contributed by atoms with Crippen molar-refractivity contribution in [1.29, 1.82) is 0 Å². The Morgan fingerprint density at radius 3 is 2.26 bits per heavy atom. The minimum absolute atomic E-state index is 0.180. The second-order valence-corrected chi connectivity index (χ2v) is 15.1. The molecule has 0 bridgehead atoms. The molecular formula is C51H36N4O2. The highest BCUT2D eigenvalue weighted by Gasteiger charge is 2.26. The number of nitrogens with one attached hydrogen (secondary N) is 2. The van der Waals surface area contributed by atoms with Crippen LogP contribution < -0.4 is 10.6 Å². The molecule has 272 valence electrons. The van der Waals surface area contributed by atoms with Crippen LogP contribution in [0, 0.1) is 0 Å². The van der Waals surface area contributed by atoms with Crippen molar-refractivity contribution in [3.05, 3.63) is 192 Å². The summed E-state index contributed by atoms with van der Waals surface area (Å²) in [5.41, 5.74) is 13.9. The van der Waals surface area contributed by atoms with E-state index in [-0.39, 0.29) is 12.3 Å². The van der Waals surface area contributed by atoms with Crippen LogP contribution in [0.4, 0.5) is 0 Å². The molecule has 2 aliphatic rings. The third-order valence-electron chi connectivity index (χ3n) is 11.8. The first-order valence-corrected chi connectivity index (χ1v) is 19.7. The number of para-hydroxylation sites is 2. The average Bonchev–Trinajstić information content (AvgIpc) is 3.95. The first kappa shape index (κ1) is 32.1. The van der Waals surface area contributed by atoms with E-state index < -0.39 is 0 Å². The van der Waals surface area contributed by atoms with E-state index in [0.717, 1.165) is 96.1 Å². The van der Waals surface area contributed by atoms with Gasteiger partial charge < -0.3 is 18.7 Å². The molecule has 0 saturated carbocycles. The summed E-state index contributed by atoms with van der Waals surface area (Å²) >= 11 is 0. The standard InChI is InChI=1S/C51H36N4O2/c1-3-12-31(13-4-1)49-52-50(32-14-5-2-6-15-32)54-51(53-49)34-23-27-46-42(29-34)41-28-33(22-26-45(41)56-46)36-18-11-19-40-39-25-24-35(30-47(39)57-48(36)40)55-43-20-9-7-16-37(43)38-17-8-10-21-44(38)55/h1-7,9-16,18-30,49,51,53H,8,17H2,(H,52,54). The molecule has 3 aromatic heterocycles. The Kier molecular flexibility index (Phi) is 7.16. The molecule has 2 N–H and O–H groups in total. The van der Waals surface area contributed by atoms with Crippen molar-refractivity contribution in [3.8, 4) is 16.8 Å². The third-order valence-corrected chi connectivity index (χ3v) is 11.8. The first-order valence-electron chi connectivity index (χ1n) is 19.7. The van der Waals surface area contributed by atoms with E-state index in [1.807, 2.05) is 24.3 Å². The highest BCUT2D eigenvalue weighted by atomic mass is 16.3. The number of hydrogen-bond donors (Lipinski definition) is 2. The number of aromatic nitrogens is 1. The summed E-state index contributed by atoms with van der Waals surface area (Å²) in [6.45, 7) is 0. The zero-order chi connectivity index (χ0) is 37.5. The molecule has 0 radical (unpaired) electrons. The molecule has 2 atom stereocenters. The summed E-state index contributed by atoms with van der Waals surface area (Å²) in [5, 5.41) is 13.1. The number of benzene rings is 7. The zero-order valence-corrected chi connectivity index (χ0v) is 30.9. The van der Waals surface area contributed by atoms with Crippen molar-refractivity contribution in [3.63, 3.8) is 0 Å². The van der Waals surface area contributed by atoms with Crippen molar-refractivity contribution in [1.82, 2.24) is 15.2 Å². The molecule has 7 aromatic carbocycles. The van der Waals surface area contributed by atoms with Crippen LogP contribution in [-0.4, -0.2) is 10.4 Å². The molecule has 0 saturated heterocycles. The molecule has 0 fully saturated rings. The number of hydrogen-bond acceptors (Lipinski definition) is 5. The number of aliphatic imine (C=N–C) groups is 1. The summed E-state index contributed by atoms with van der Waals surface area (Å²) in [4.78, 5) is 5.10. The lowest BCUT2D eigenvalue weighted by molar-refractivity contribution is 0.409. The Morgan fingerprint density at radius 2 is 1.37 bits per heavy atom. The molecule has 2 unspecified atom stereocenters. The van der Waals surface area contributed by atoms with E-state index in [1.165, 1.54) is 22.2 Å². The van der Waals surface area contributed by atoms with Crippen LogP contribution in [0.15, 0.2) is 178 Å². The van der Waals surface area contributed by atoms with Gasteiger partial charge in [-0.1, -0.05) is 115 Å². The summed E-state index contributed by atoms with van der Waals surface area (Å²) in [6, 6.07) is 55.5. The fraction of sp³-hybridized carbons (Fsp3) is 0.0784. The van der Waals surface area contributed by atoms with E-state index in [1.54, 1.807) is 0 Å². The van der Waals surface area contributed by atoms with E-state index in [0.29, 0.717) is 0 Å². The lowest BCUT2D eigenvalue weighted by Crippen LogP contribution is -2.44. The lowest BCUT2D eigenvalue weighted by atomic mass is 9.99. The number of aryl methyl sites for hydroxylation is 1. The summed E-state index contributed by atoms with van der Waals surface area (Å²) in [5.74, 6) is 0.858. The molecule has 1 aliphatic heterocycles. The molecule has 6 nitrogen and oxygen atoms in total. The number of furan rings is 2. The van der Waals surface area contributed by atoms with Gasteiger partial charge in [0.05, 0.1) is 5.52 Å². The van der Waals surface area contributed by atoms with Crippen LogP contribution in [0.5, 0.6) is 0 Å². The quantitative estimate of drug-likeness (QED) is 0.185. The second kappa shape index (κ2) is 12.7. The second-order valence-electron chi connectivity index (χ2n) is 15.1. The number of rotatable bonds is 5. The van der Waals surface area contributed by atoms with Crippen LogP contribution >= 0.6 is 0 Å². The molecule has 57 heavy (non-hydrogen) atoms. The number of fused-ring (bicyclic) bond motifs is 9. The van der Waals surface area contributed by atoms with Gasteiger partial charge in [-0.3, -0.25) is 5.32 Å². The predicted molar refractivity (Wildman–Crippen MR) is 232 cm³/mol. The topological polar surface area (TPSA) is 67.6 Å². The number of amidine groups is 1. The van der Waals surface area contributed by atoms with Crippen molar-refractivity contribution in [2.45, 2.75) is 25.2 Å². The smallest absolute Gasteiger partial charge is 0.143 e. The van der Waals surface area contributed by atoms with E-state index in [9.17, 15) is 0 Å². The lowest BCUT2D eigenvalue weighted by Gasteiger charge is -2.32. The van der Waals surface area contributed by atoms with Gasteiger partial charge >= 0.3 is 0 Å². The Balaban J connectivity index is 0.944. The Hall–Kier alpha value is -7.15. The van der Waals surface area contributed by atoms with Gasteiger partial charge in [0.2, 0.25) is 0 Å². The van der Waals surface area contributed by atoms with Crippen LogP contribution in [-0.2, 0) is 6.42 Å². The highest BCUT2D eigenvalue weighted by molar-refractivity contribution is 6.12. The zero-order valence-electron chi connectivity index (χ0n) is 30.9. The Morgan fingerprint density at radius 1 is 0.579 bits per heavy atom. The molecule has 6 heteroatoms. The first-order chi connectivity index (χ1) is 28.2. The van der Waals surface area contributed by atoms with Crippen molar-refractivity contribution < 1.29 is 8.83 Å². The fourth-order valence-electron chi connectivity index (χ4n) is 9.04. The molecule has 12 rings (SSSR count). The SMILES string of the molecule is C1=Cc2c(c3ccccc3n2-c2ccc3c(c2)oc2c(-c4ccc5oc6ccc(C7NC(c8ccccc8)=NC(c8ccccc8)N7)cc6c5c4)cccc23)CC1. The van der Waals surface area contributed by atoms with Gasteiger partial charge in [-0.05, 0) is 83.6 Å². The summed E-state index contributed by atoms with van der Waals surface area (Å²) in [6.07, 6.45) is 6.30. The summed E-state index contributed by atoms with van der Waals surface area (Å²) < 4.78 is 15.6. The van der Waals surface area contributed by atoms with E-state index in [2.05, 4.69) is 161 Å². The minimum Gasteiger partial charge on any atom is -0.456 e. The molecule has 0 spiro atoms. The van der Waals surface area contributed by atoms with E-state index in [4.69, 9.17) is 13.8 Å². The predicted octanol–water partition coefficient (Wildman–Crippen LogP) is 12.4. The average molecular weight is 737 g/mol. The van der Waals surface area contributed by atoms with Gasteiger partial charge in [0.25, 0.3) is 0 Å². The summed E-state index contributed by atoms with van der Waals surface area (Å²) in [7, 11) is 0.